The fourth-order valence-electron chi connectivity index (χ4n) is 3.09. The average molecular weight is 411 g/mol. The summed E-state index contributed by atoms with van der Waals surface area (Å²) in [6, 6.07) is -2.24. The first-order valence-corrected chi connectivity index (χ1v) is 9.66. The van der Waals surface area contributed by atoms with E-state index in [0.29, 0.717) is 58.2 Å². The van der Waals surface area contributed by atoms with Gasteiger partial charge in [0.1, 0.15) is 6.04 Å². The second kappa shape index (κ2) is 12.5. The molecule has 12 nitrogen and oxygen atoms in total. The van der Waals surface area contributed by atoms with Gasteiger partial charge in [0.15, 0.2) is 11.9 Å². The van der Waals surface area contributed by atoms with Crippen LogP contribution in [-0.2, 0) is 14.4 Å². The van der Waals surface area contributed by atoms with Gasteiger partial charge in [-0.25, -0.2) is 0 Å². The summed E-state index contributed by atoms with van der Waals surface area (Å²) in [4.78, 5) is 37.9. The SMILES string of the molecule is N=C(N)NCCC[C@@H](N)C(=O)N[C@@H](CCCNC(=N)N)C(=O)N1CCC[C@H]1[C]=O. The Bertz CT molecular complexity index is 599. The molecule has 0 aromatic rings. The molecule has 163 valence electrons. The molecule has 3 atom stereocenters. The number of hydrogen-bond donors (Lipinski definition) is 8. The zero-order chi connectivity index (χ0) is 21.8. The first-order chi connectivity index (χ1) is 13.8. The summed E-state index contributed by atoms with van der Waals surface area (Å²) in [6.45, 7) is 1.24. The van der Waals surface area contributed by atoms with Crippen LogP contribution < -0.4 is 33.2 Å². The predicted octanol–water partition coefficient (Wildman–Crippen LogP) is -2.57. The third-order valence-electron chi connectivity index (χ3n) is 4.62. The average Bonchev–Trinajstić information content (AvgIpc) is 3.15. The van der Waals surface area contributed by atoms with Crippen LogP contribution in [0.3, 0.4) is 0 Å². The van der Waals surface area contributed by atoms with Gasteiger partial charge in [0, 0.05) is 19.6 Å². The second-order valence-corrected chi connectivity index (χ2v) is 6.94. The fourth-order valence-corrected chi connectivity index (χ4v) is 3.09. The molecule has 29 heavy (non-hydrogen) atoms. The van der Waals surface area contributed by atoms with Crippen molar-refractivity contribution in [1.29, 1.82) is 10.8 Å². The van der Waals surface area contributed by atoms with Crippen LogP contribution in [0.15, 0.2) is 0 Å². The summed E-state index contributed by atoms with van der Waals surface area (Å²) in [6.07, 6.45) is 4.83. The molecule has 0 unspecified atom stereocenters. The van der Waals surface area contributed by atoms with Crippen LogP contribution in [0.5, 0.6) is 0 Å². The molecule has 1 fully saturated rings. The quantitative estimate of drug-likeness (QED) is 0.0968. The van der Waals surface area contributed by atoms with E-state index in [0.717, 1.165) is 0 Å². The molecule has 0 bridgehead atoms. The van der Waals surface area contributed by atoms with Gasteiger partial charge < -0.3 is 38.1 Å². The molecule has 2 amide bonds. The molecule has 0 saturated carbocycles. The van der Waals surface area contributed by atoms with Crippen molar-refractivity contribution in [3.05, 3.63) is 0 Å². The molecule has 1 saturated heterocycles. The number of nitrogens with zero attached hydrogens (tertiary/aromatic N) is 1. The molecular formula is C17H32N9O3. The maximum atomic E-state index is 12.9. The number of amides is 2. The molecule has 1 heterocycles. The molecule has 11 N–H and O–H groups in total. The molecular weight excluding hydrogens is 378 g/mol. The highest BCUT2D eigenvalue weighted by atomic mass is 16.2. The topological polar surface area (TPSA) is 216 Å². The molecule has 0 aromatic carbocycles. The predicted molar refractivity (Wildman–Crippen MR) is 109 cm³/mol. The maximum absolute atomic E-state index is 12.9. The number of guanidine groups is 2. The molecule has 0 aromatic heterocycles. The molecule has 1 aliphatic heterocycles. The first-order valence-electron chi connectivity index (χ1n) is 9.66. The Balaban J connectivity index is 2.65. The van der Waals surface area contributed by atoms with Crippen LogP contribution in [-0.4, -0.2) is 72.7 Å². The molecule has 1 radical (unpaired) electrons. The van der Waals surface area contributed by atoms with Crippen LogP contribution in [0.25, 0.3) is 0 Å². The first kappa shape index (κ1) is 24.1. The summed E-state index contributed by atoms with van der Waals surface area (Å²) in [7, 11) is 0. The lowest BCUT2D eigenvalue weighted by Crippen LogP contribution is -2.54. The monoisotopic (exact) mass is 410 g/mol. The highest BCUT2D eigenvalue weighted by Gasteiger charge is 2.34. The second-order valence-electron chi connectivity index (χ2n) is 6.94. The highest BCUT2D eigenvalue weighted by Crippen LogP contribution is 2.18. The van der Waals surface area contributed by atoms with Crippen LogP contribution >= 0.6 is 0 Å². The van der Waals surface area contributed by atoms with Crippen molar-refractivity contribution in [2.75, 3.05) is 19.6 Å². The van der Waals surface area contributed by atoms with Gasteiger partial charge in [0.25, 0.3) is 0 Å². The van der Waals surface area contributed by atoms with E-state index >= 15 is 0 Å². The van der Waals surface area contributed by atoms with Crippen LogP contribution in [0.1, 0.15) is 38.5 Å². The van der Waals surface area contributed by atoms with Gasteiger partial charge in [0.2, 0.25) is 18.1 Å². The summed E-state index contributed by atoms with van der Waals surface area (Å²) in [5, 5.41) is 22.2. The molecule has 1 aliphatic rings. The van der Waals surface area contributed by atoms with Gasteiger partial charge in [-0.2, -0.15) is 0 Å². The maximum Gasteiger partial charge on any atom is 0.245 e. The third kappa shape index (κ3) is 8.77. The number of likely N-dealkylation sites (tertiary alicyclic amines) is 1. The smallest absolute Gasteiger partial charge is 0.245 e. The van der Waals surface area contributed by atoms with Crippen molar-refractivity contribution in [3.63, 3.8) is 0 Å². The molecule has 12 heteroatoms. The highest BCUT2D eigenvalue weighted by molar-refractivity contribution is 5.91. The Morgan fingerprint density at radius 1 is 1.10 bits per heavy atom. The Morgan fingerprint density at radius 3 is 2.24 bits per heavy atom. The Hall–Kier alpha value is -2.89. The van der Waals surface area contributed by atoms with E-state index in [9.17, 15) is 14.4 Å². The van der Waals surface area contributed by atoms with E-state index < -0.39 is 24.0 Å². The van der Waals surface area contributed by atoms with Crippen LogP contribution in [0, 0.1) is 10.8 Å². The van der Waals surface area contributed by atoms with Crippen molar-refractivity contribution < 1.29 is 14.4 Å². The molecule has 1 rings (SSSR count). The number of hydrogen-bond acceptors (Lipinski definition) is 6. The zero-order valence-electron chi connectivity index (χ0n) is 16.5. The van der Waals surface area contributed by atoms with E-state index in [1.807, 2.05) is 6.29 Å². The minimum Gasteiger partial charge on any atom is -0.370 e. The standard InChI is InChI=1S/C17H32N9O3/c18-12(5-1-7-23-16(19)20)14(28)25-13(6-2-8-24-17(21)22)15(29)26-9-3-4-11(26)10-27/h11-13H,1-9,18H2,(H,25,28)(H4,19,20,23)(H4,21,22,24)/t11-,12+,13-/m0/s1. The van der Waals surface area contributed by atoms with E-state index in [4.69, 9.17) is 28.0 Å². The van der Waals surface area contributed by atoms with E-state index in [-0.39, 0.29) is 17.8 Å². The van der Waals surface area contributed by atoms with Crippen molar-refractivity contribution in [2.24, 2.45) is 17.2 Å². The van der Waals surface area contributed by atoms with Crippen LogP contribution in [0.4, 0.5) is 0 Å². The third-order valence-corrected chi connectivity index (χ3v) is 4.62. The minimum absolute atomic E-state index is 0.153. The summed E-state index contributed by atoms with van der Waals surface area (Å²) in [5.74, 6) is -1.12. The lowest BCUT2D eigenvalue weighted by molar-refractivity contribution is -0.136. The van der Waals surface area contributed by atoms with Crippen molar-refractivity contribution >= 4 is 30.0 Å². The number of carbonyl (C=O) groups is 2. The normalized spacial score (nSPS) is 17.8. The van der Waals surface area contributed by atoms with Crippen molar-refractivity contribution in [3.8, 4) is 0 Å². The van der Waals surface area contributed by atoms with Gasteiger partial charge >= 0.3 is 0 Å². The number of rotatable bonds is 12. The molecule has 0 spiro atoms. The lowest BCUT2D eigenvalue weighted by atomic mass is 10.1. The van der Waals surface area contributed by atoms with Gasteiger partial charge in [-0.3, -0.25) is 25.2 Å². The number of carbonyl (C=O) groups excluding carboxylic acids is 3. The van der Waals surface area contributed by atoms with E-state index in [1.54, 1.807) is 0 Å². The largest absolute Gasteiger partial charge is 0.370 e. The van der Waals surface area contributed by atoms with Crippen molar-refractivity contribution in [1.82, 2.24) is 20.9 Å². The van der Waals surface area contributed by atoms with Gasteiger partial charge in [-0.15, -0.1) is 0 Å². The fraction of sp³-hybridized carbons (Fsp3) is 0.706. The van der Waals surface area contributed by atoms with Crippen molar-refractivity contribution in [2.45, 2.75) is 56.7 Å². The van der Waals surface area contributed by atoms with Gasteiger partial charge in [0.05, 0.1) is 12.1 Å². The minimum atomic E-state index is -0.827. The van der Waals surface area contributed by atoms with Gasteiger partial charge in [-0.1, -0.05) is 0 Å². The van der Waals surface area contributed by atoms with E-state index in [2.05, 4.69) is 16.0 Å². The summed E-state index contributed by atoms with van der Waals surface area (Å²) >= 11 is 0. The summed E-state index contributed by atoms with van der Waals surface area (Å²) in [5.41, 5.74) is 16.4. The number of nitrogens with two attached hydrogens (primary N) is 3. The van der Waals surface area contributed by atoms with E-state index in [1.165, 1.54) is 4.90 Å². The lowest BCUT2D eigenvalue weighted by Gasteiger charge is -2.27. The van der Waals surface area contributed by atoms with Crippen LogP contribution in [0.2, 0.25) is 0 Å². The Kier molecular flexibility index (Phi) is 10.4. The van der Waals surface area contributed by atoms with Gasteiger partial charge in [-0.05, 0) is 38.5 Å². The Morgan fingerprint density at radius 2 is 1.69 bits per heavy atom. The Labute approximate surface area is 170 Å². The number of nitrogens with one attached hydrogen (secondary N) is 5. The zero-order valence-corrected chi connectivity index (χ0v) is 16.5. The molecule has 0 aliphatic carbocycles. The summed E-state index contributed by atoms with van der Waals surface area (Å²) < 4.78 is 0.